The highest BCUT2D eigenvalue weighted by atomic mass is 16.6. The minimum atomic E-state index is -1.24. The molecule has 0 aliphatic heterocycles. The fourth-order valence-corrected chi connectivity index (χ4v) is 2.83. The SMILES string of the molecule is COc1cc(OC)cc(OC(C)(C)C(=O)OCCCOc2ccc(/C=C/C(=O)O)cc2OC)c1. The Morgan fingerprint density at radius 2 is 1.53 bits per heavy atom. The van der Waals surface area contributed by atoms with Gasteiger partial charge in [-0.1, -0.05) is 6.07 Å². The van der Waals surface area contributed by atoms with Crippen molar-refractivity contribution in [3.8, 4) is 28.7 Å². The maximum absolute atomic E-state index is 12.5. The minimum Gasteiger partial charge on any atom is -0.496 e. The Labute approximate surface area is 198 Å². The first-order valence-corrected chi connectivity index (χ1v) is 10.5. The van der Waals surface area contributed by atoms with E-state index in [1.54, 1.807) is 50.2 Å². The number of carbonyl (C=O) groups is 2. The van der Waals surface area contributed by atoms with Crippen molar-refractivity contribution < 1.29 is 43.1 Å². The van der Waals surface area contributed by atoms with Crippen LogP contribution in [0.1, 0.15) is 25.8 Å². The molecule has 0 amide bonds. The number of carbonyl (C=O) groups excluding carboxylic acids is 1. The van der Waals surface area contributed by atoms with Gasteiger partial charge >= 0.3 is 11.9 Å². The molecule has 1 N–H and O–H groups in total. The number of esters is 1. The van der Waals surface area contributed by atoms with Crippen LogP contribution in [0.2, 0.25) is 0 Å². The van der Waals surface area contributed by atoms with Gasteiger partial charge in [0, 0.05) is 30.7 Å². The van der Waals surface area contributed by atoms with E-state index in [0.717, 1.165) is 6.08 Å². The van der Waals surface area contributed by atoms with E-state index in [4.69, 9.17) is 33.5 Å². The first-order valence-electron chi connectivity index (χ1n) is 10.5. The van der Waals surface area contributed by atoms with E-state index in [0.29, 0.717) is 40.7 Å². The highest BCUT2D eigenvalue weighted by molar-refractivity contribution is 5.85. The van der Waals surface area contributed by atoms with Crippen molar-refractivity contribution in [1.82, 2.24) is 0 Å². The lowest BCUT2D eigenvalue weighted by Crippen LogP contribution is -2.40. The van der Waals surface area contributed by atoms with E-state index < -0.39 is 17.5 Å². The number of aliphatic carboxylic acids is 1. The van der Waals surface area contributed by atoms with Crippen LogP contribution in [0.4, 0.5) is 0 Å². The minimum absolute atomic E-state index is 0.134. The molecule has 0 unspecified atom stereocenters. The molecule has 0 saturated carbocycles. The Morgan fingerprint density at radius 1 is 0.882 bits per heavy atom. The molecule has 0 fully saturated rings. The predicted octanol–water partition coefficient (Wildman–Crippen LogP) is 3.98. The summed E-state index contributed by atoms with van der Waals surface area (Å²) in [5.74, 6) is 0.890. The zero-order valence-electron chi connectivity index (χ0n) is 20.0. The van der Waals surface area contributed by atoms with Crippen LogP contribution >= 0.6 is 0 Å². The number of carboxylic acid groups (broad SMARTS) is 1. The molecule has 0 radical (unpaired) electrons. The molecule has 34 heavy (non-hydrogen) atoms. The molecule has 9 heteroatoms. The highest BCUT2D eigenvalue weighted by Crippen LogP contribution is 2.30. The summed E-state index contributed by atoms with van der Waals surface area (Å²) in [6, 6.07) is 10.1. The summed E-state index contributed by atoms with van der Waals surface area (Å²) in [4.78, 5) is 23.2. The van der Waals surface area contributed by atoms with Crippen LogP contribution < -0.4 is 23.7 Å². The summed E-state index contributed by atoms with van der Waals surface area (Å²) < 4.78 is 32.6. The van der Waals surface area contributed by atoms with Gasteiger partial charge in [0.15, 0.2) is 17.1 Å². The Hall–Kier alpha value is -3.88. The zero-order chi connectivity index (χ0) is 25.1. The first kappa shape index (κ1) is 26.4. The largest absolute Gasteiger partial charge is 0.496 e. The van der Waals surface area contributed by atoms with Crippen molar-refractivity contribution in [3.63, 3.8) is 0 Å². The number of carboxylic acids is 1. The highest BCUT2D eigenvalue weighted by Gasteiger charge is 2.32. The predicted molar refractivity (Wildman–Crippen MR) is 125 cm³/mol. The second-order valence-corrected chi connectivity index (χ2v) is 7.58. The average molecular weight is 475 g/mol. The maximum atomic E-state index is 12.5. The van der Waals surface area contributed by atoms with Crippen LogP contribution in [0.25, 0.3) is 6.08 Å². The van der Waals surface area contributed by atoms with Gasteiger partial charge in [-0.25, -0.2) is 9.59 Å². The molecule has 0 aliphatic rings. The first-order chi connectivity index (χ1) is 16.2. The molecule has 2 aromatic carbocycles. The smallest absolute Gasteiger partial charge is 0.349 e. The Bertz CT molecular complexity index is 989. The Kier molecular flexibility index (Phi) is 9.61. The number of benzene rings is 2. The molecule has 0 heterocycles. The molecule has 0 bridgehead atoms. The summed E-state index contributed by atoms with van der Waals surface area (Å²) in [7, 11) is 4.55. The number of ether oxygens (including phenoxy) is 6. The van der Waals surface area contributed by atoms with E-state index in [2.05, 4.69) is 0 Å². The van der Waals surface area contributed by atoms with Gasteiger partial charge in [0.1, 0.15) is 17.2 Å². The molecular formula is C25H30O9. The standard InChI is InChI=1S/C25H30O9/c1-25(2,34-20-15-18(29-3)14-19(16-20)30-4)24(28)33-12-6-11-32-21-9-7-17(8-10-23(26)27)13-22(21)31-5/h7-10,13-16H,6,11-12H2,1-5H3,(H,26,27)/b10-8+. The lowest BCUT2D eigenvalue weighted by Gasteiger charge is -2.25. The molecule has 0 saturated heterocycles. The summed E-state index contributed by atoms with van der Waals surface area (Å²) in [5, 5.41) is 8.73. The van der Waals surface area contributed by atoms with Crippen LogP contribution in [0.5, 0.6) is 28.7 Å². The second kappa shape index (κ2) is 12.4. The van der Waals surface area contributed by atoms with Crippen molar-refractivity contribution in [2.24, 2.45) is 0 Å². The summed E-state index contributed by atoms with van der Waals surface area (Å²) in [6.45, 7) is 3.64. The lowest BCUT2D eigenvalue weighted by molar-refractivity contribution is -0.159. The zero-order valence-corrected chi connectivity index (χ0v) is 20.0. The molecule has 0 atom stereocenters. The van der Waals surface area contributed by atoms with Crippen molar-refractivity contribution in [3.05, 3.63) is 48.0 Å². The Balaban J connectivity index is 1.85. The second-order valence-electron chi connectivity index (χ2n) is 7.58. The van der Waals surface area contributed by atoms with E-state index in [1.807, 2.05) is 0 Å². The van der Waals surface area contributed by atoms with Crippen molar-refractivity contribution in [2.75, 3.05) is 34.5 Å². The maximum Gasteiger partial charge on any atom is 0.349 e. The third-order valence-electron chi connectivity index (χ3n) is 4.57. The van der Waals surface area contributed by atoms with Gasteiger partial charge in [-0.15, -0.1) is 0 Å². The van der Waals surface area contributed by atoms with E-state index in [-0.39, 0.29) is 13.2 Å². The summed E-state index contributed by atoms with van der Waals surface area (Å²) >= 11 is 0. The van der Waals surface area contributed by atoms with Gasteiger partial charge in [0.2, 0.25) is 0 Å². The quantitative estimate of drug-likeness (QED) is 0.262. The molecule has 0 aromatic heterocycles. The fourth-order valence-electron chi connectivity index (χ4n) is 2.83. The van der Waals surface area contributed by atoms with Gasteiger partial charge in [-0.2, -0.15) is 0 Å². The molecule has 2 aromatic rings. The molecule has 9 nitrogen and oxygen atoms in total. The number of rotatable bonds is 13. The van der Waals surface area contributed by atoms with E-state index in [9.17, 15) is 9.59 Å². The summed E-state index contributed by atoms with van der Waals surface area (Å²) in [5.41, 5.74) is -0.572. The number of hydrogen-bond donors (Lipinski definition) is 1. The number of methoxy groups -OCH3 is 3. The van der Waals surface area contributed by atoms with E-state index >= 15 is 0 Å². The summed E-state index contributed by atoms with van der Waals surface area (Å²) in [6.07, 6.45) is 2.94. The van der Waals surface area contributed by atoms with Crippen molar-refractivity contribution in [2.45, 2.75) is 25.9 Å². The number of hydrogen-bond acceptors (Lipinski definition) is 8. The van der Waals surface area contributed by atoms with Gasteiger partial charge in [0.05, 0.1) is 34.5 Å². The fraction of sp³-hybridized carbons (Fsp3) is 0.360. The normalized spacial score (nSPS) is 11.1. The Morgan fingerprint density at radius 3 is 2.12 bits per heavy atom. The van der Waals surface area contributed by atoms with Gasteiger partial charge in [0.25, 0.3) is 0 Å². The molecular weight excluding hydrogens is 444 g/mol. The van der Waals surface area contributed by atoms with Gasteiger partial charge in [-0.3, -0.25) is 0 Å². The molecule has 2 rings (SSSR count). The third-order valence-corrected chi connectivity index (χ3v) is 4.57. The van der Waals surface area contributed by atoms with Gasteiger partial charge < -0.3 is 33.5 Å². The van der Waals surface area contributed by atoms with Crippen molar-refractivity contribution >= 4 is 18.0 Å². The molecule has 184 valence electrons. The lowest BCUT2D eigenvalue weighted by atomic mass is 10.1. The van der Waals surface area contributed by atoms with Crippen LogP contribution in [-0.4, -0.2) is 57.2 Å². The van der Waals surface area contributed by atoms with Crippen LogP contribution in [-0.2, 0) is 14.3 Å². The topological polar surface area (TPSA) is 110 Å². The average Bonchev–Trinajstić information content (AvgIpc) is 2.81. The van der Waals surface area contributed by atoms with Crippen LogP contribution in [0.15, 0.2) is 42.5 Å². The molecule has 0 aliphatic carbocycles. The third kappa shape index (κ3) is 7.91. The van der Waals surface area contributed by atoms with Crippen LogP contribution in [0.3, 0.4) is 0 Å². The van der Waals surface area contributed by atoms with Crippen molar-refractivity contribution in [1.29, 1.82) is 0 Å². The van der Waals surface area contributed by atoms with Crippen LogP contribution in [0, 0.1) is 0 Å². The monoisotopic (exact) mass is 474 g/mol. The molecule has 0 spiro atoms. The van der Waals surface area contributed by atoms with E-state index in [1.165, 1.54) is 27.4 Å². The van der Waals surface area contributed by atoms with Gasteiger partial charge in [-0.05, 0) is 37.6 Å².